The van der Waals surface area contributed by atoms with E-state index in [1.165, 1.54) is 0 Å². The maximum Gasteiger partial charge on any atom is 0.416 e. The molecule has 102 valence electrons. The van der Waals surface area contributed by atoms with Gasteiger partial charge in [0.1, 0.15) is 14.5 Å². The summed E-state index contributed by atoms with van der Waals surface area (Å²) in [6.07, 6.45) is -0.628. The molecule has 0 aromatic heterocycles. The first-order valence-corrected chi connectivity index (χ1v) is 6.75. The molecule has 0 bridgehead atoms. The number of amides is 2. The standard InChI is InChI=1S/C15H16BNO3/c1-15(2)11(9-6-4-3-5-7-9)12(15)13(18)17-10(16)8-20-14(17)19/h3-7,10-12H,8H2,1-2H3/t10-,11+,12-/m1/s1. The van der Waals surface area contributed by atoms with E-state index >= 15 is 0 Å². The molecule has 0 N–H and O–H groups in total. The average Bonchev–Trinajstić information content (AvgIpc) is 2.84. The first-order chi connectivity index (χ1) is 9.44. The molecule has 1 heterocycles. The lowest BCUT2D eigenvalue weighted by atomic mass is 9.96. The Morgan fingerprint density at radius 1 is 1.35 bits per heavy atom. The van der Waals surface area contributed by atoms with Gasteiger partial charge in [-0.25, -0.2) is 9.69 Å². The zero-order chi connectivity index (χ0) is 14.5. The molecule has 0 spiro atoms. The van der Waals surface area contributed by atoms with E-state index in [2.05, 4.69) is 0 Å². The smallest absolute Gasteiger partial charge is 0.416 e. The van der Waals surface area contributed by atoms with Crippen molar-refractivity contribution in [3.05, 3.63) is 35.9 Å². The third-order valence-electron chi connectivity index (χ3n) is 4.40. The molecule has 2 fully saturated rings. The minimum Gasteiger partial charge on any atom is -0.448 e. The highest BCUT2D eigenvalue weighted by atomic mass is 16.6. The Morgan fingerprint density at radius 2 is 2.00 bits per heavy atom. The van der Waals surface area contributed by atoms with Crippen LogP contribution in [0, 0.1) is 11.3 Å². The lowest BCUT2D eigenvalue weighted by molar-refractivity contribution is -0.130. The van der Waals surface area contributed by atoms with E-state index in [-0.39, 0.29) is 29.8 Å². The highest BCUT2D eigenvalue weighted by molar-refractivity contribution is 6.16. The molecular weight excluding hydrogens is 253 g/mol. The van der Waals surface area contributed by atoms with Crippen LogP contribution in [0.25, 0.3) is 0 Å². The van der Waals surface area contributed by atoms with Gasteiger partial charge in [0.2, 0.25) is 5.91 Å². The Labute approximate surface area is 119 Å². The summed E-state index contributed by atoms with van der Waals surface area (Å²) in [7, 11) is 5.77. The molecule has 1 saturated heterocycles. The van der Waals surface area contributed by atoms with E-state index in [1.807, 2.05) is 44.2 Å². The van der Waals surface area contributed by atoms with Crippen molar-refractivity contribution in [3.63, 3.8) is 0 Å². The number of hydrogen-bond donors (Lipinski definition) is 0. The van der Waals surface area contributed by atoms with E-state index in [0.717, 1.165) is 10.5 Å². The summed E-state index contributed by atoms with van der Waals surface area (Å²) in [5, 5.41) is 0. The maximum absolute atomic E-state index is 12.6. The quantitative estimate of drug-likeness (QED) is 0.770. The van der Waals surface area contributed by atoms with Crippen molar-refractivity contribution in [1.82, 2.24) is 4.90 Å². The molecule has 1 aromatic rings. The van der Waals surface area contributed by atoms with Crippen LogP contribution in [0.3, 0.4) is 0 Å². The predicted octanol–water partition coefficient (Wildman–Crippen LogP) is 1.90. The van der Waals surface area contributed by atoms with Crippen molar-refractivity contribution in [3.8, 4) is 0 Å². The first kappa shape index (κ1) is 13.2. The number of ether oxygens (including phenoxy) is 1. The lowest BCUT2D eigenvalue weighted by Crippen LogP contribution is -2.41. The minimum absolute atomic E-state index is 0.0771. The molecule has 1 aliphatic carbocycles. The van der Waals surface area contributed by atoms with Crippen molar-refractivity contribution in [2.75, 3.05) is 6.61 Å². The monoisotopic (exact) mass is 269 g/mol. The topological polar surface area (TPSA) is 46.6 Å². The molecule has 3 rings (SSSR count). The van der Waals surface area contributed by atoms with E-state index in [0.29, 0.717) is 0 Å². The summed E-state index contributed by atoms with van der Waals surface area (Å²) >= 11 is 0. The van der Waals surface area contributed by atoms with Crippen LogP contribution in [0.5, 0.6) is 0 Å². The van der Waals surface area contributed by atoms with Crippen LogP contribution in [0.2, 0.25) is 0 Å². The molecule has 2 amide bonds. The van der Waals surface area contributed by atoms with E-state index in [1.54, 1.807) is 0 Å². The van der Waals surface area contributed by atoms with Gasteiger partial charge >= 0.3 is 6.09 Å². The Balaban J connectivity index is 1.85. The zero-order valence-electron chi connectivity index (χ0n) is 11.6. The fraction of sp³-hybridized carbons (Fsp3) is 0.467. The van der Waals surface area contributed by atoms with Gasteiger partial charge in [0.05, 0.1) is 5.92 Å². The molecule has 1 saturated carbocycles. The van der Waals surface area contributed by atoms with Gasteiger partial charge in [-0.3, -0.25) is 4.79 Å². The highest BCUT2D eigenvalue weighted by Crippen LogP contribution is 2.65. The summed E-state index contributed by atoms with van der Waals surface area (Å²) in [5.74, 6) is -0.986. The third kappa shape index (κ3) is 1.84. The molecule has 2 radical (unpaired) electrons. The molecule has 0 unspecified atom stereocenters. The molecular formula is C15H16BNO3. The second kappa shape index (κ2) is 4.37. The maximum atomic E-state index is 12.6. The van der Waals surface area contributed by atoms with E-state index in [9.17, 15) is 9.59 Å². The number of rotatable bonds is 2. The molecule has 20 heavy (non-hydrogen) atoms. The van der Waals surface area contributed by atoms with Crippen molar-refractivity contribution < 1.29 is 14.3 Å². The fourth-order valence-corrected chi connectivity index (χ4v) is 3.22. The SMILES string of the molecule is [B][C@H]1COC(=O)N1C(=O)[C@H]1[C@H](c2ccccc2)C1(C)C. The molecule has 1 aliphatic heterocycles. The summed E-state index contributed by atoms with van der Waals surface area (Å²) in [6.45, 7) is 4.16. The van der Waals surface area contributed by atoms with Crippen molar-refractivity contribution in [2.24, 2.45) is 11.3 Å². The van der Waals surface area contributed by atoms with Crippen molar-refractivity contribution in [1.29, 1.82) is 0 Å². The fourth-order valence-electron chi connectivity index (χ4n) is 3.22. The molecule has 3 atom stereocenters. The van der Waals surface area contributed by atoms with Crippen LogP contribution in [-0.4, -0.2) is 37.3 Å². The van der Waals surface area contributed by atoms with Crippen molar-refractivity contribution in [2.45, 2.75) is 25.7 Å². The Morgan fingerprint density at radius 3 is 2.55 bits per heavy atom. The first-order valence-electron chi connectivity index (χ1n) is 6.75. The number of carbonyl (C=O) groups is 2. The number of nitrogens with zero attached hydrogens (tertiary/aromatic N) is 1. The second-order valence-electron chi connectivity index (χ2n) is 6.04. The van der Waals surface area contributed by atoms with Gasteiger partial charge in [-0.2, -0.15) is 0 Å². The number of cyclic esters (lactones) is 1. The summed E-state index contributed by atoms with van der Waals surface area (Å²) in [5.41, 5.74) is 0.957. The summed E-state index contributed by atoms with van der Waals surface area (Å²) < 4.78 is 4.83. The normalized spacial score (nSPS) is 31.0. The summed E-state index contributed by atoms with van der Waals surface area (Å²) in [6, 6.07) is 9.90. The van der Waals surface area contributed by atoms with Gasteiger partial charge < -0.3 is 4.74 Å². The van der Waals surface area contributed by atoms with E-state index < -0.39 is 12.0 Å². The van der Waals surface area contributed by atoms with Gasteiger partial charge in [-0.15, -0.1) is 0 Å². The molecule has 1 aromatic carbocycles. The van der Waals surface area contributed by atoms with Crippen LogP contribution in [-0.2, 0) is 9.53 Å². The third-order valence-corrected chi connectivity index (χ3v) is 4.40. The van der Waals surface area contributed by atoms with E-state index in [4.69, 9.17) is 12.6 Å². The van der Waals surface area contributed by atoms with Gasteiger partial charge in [0.25, 0.3) is 0 Å². The summed E-state index contributed by atoms with van der Waals surface area (Å²) in [4.78, 5) is 25.3. The minimum atomic E-state index is -0.664. The predicted molar refractivity (Wildman–Crippen MR) is 74.2 cm³/mol. The Hall–Kier alpha value is -1.78. The lowest BCUT2D eigenvalue weighted by Gasteiger charge is -2.17. The Kier molecular flexibility index (Phi) is 2.89. The van der Waals surface area contributed by atoms with Crippen molar-refractivity contribution >= 4 is 19.8 Å². The Bertz CT molecular complexity index is 557. The number of hydrogen-bond acceptors (Lipinski definition) is 3. The van der Waals surface area contributed by atoms with Gasteiger partial charge in [0.15, 0.2) is 0 Å². The van der Waals surface area contributed by atoms with Crippen LogP contribution in [0.1, 0.15) is 25.3 Å². The van der Waals surface area contributed by atoms with Gasteiger partial charge in [0, 0.05) is 11.9 Å². The molecule has 2 aliphatic rings. The largest absolute Gasteiger partial charge is 0.448 e. The number of benzene rings is 1. The highest BCUT2D eigenvalue weighted by Gasteiger charge is 2.64. The average molecular weight is 269 g/mol. The van der Waals surface area contributed by atoms with Crippen LogP contribution < -0.4 is 0 Å². The number of imide groups is 1. The zero-order valence-corrected chi connectivity index (χ0v) is 11.6. The van der Waals surface area contributed by atoms with Crippen LogP contribution in [0.4, 0.5) is 4.79 Å². The van der Waals surface area contributed by atoms with Gasteiger partial charge in [-0.05, 0) is 11.0 Å². The number of carbonyl (C=O) groups excluding carboxylic acids is 2. The van der Waals surface area contributed by atoms with Gasteiger partial charge in [-0.1, -0.05) is 44.2 Å². The molecule has 5 heteroatoms. The molecule has 4 nitrogen and oxygen atoms in total. The van der Waals surface area contributed by atoms with Crippen LogP contribution in [0.15, 0.2) is 30.3 Å². The second-order valence-corrected chi connectivity index (χ2v) is 6.04. The van der Waals surface area contributed by atoms with Crippen LogP contribution >= 0.6 is 0 Å².